The molecule has 1 N–H and O–H groups in total. The summed E-state index contributed by atoms with van der Waals surface area (Å²) in [4.78, 5) is 12.5. The van der Waals surface area contributed by atoms with Crippen LogP contribution in [0.4, 0.5) is 11.4 Å². The van der Waals surface area contributed by atoms with Gasteiger partial charge in [0.1, 0.15) is 6.54 Å². The monoisotopic (exact) mass is 392 g/mol. The zero-order valence-electron chi connectivity index (χ0n) is 16.1. The first-order valence-electron chi connectivity index (χ1n) is 8.23. The van der Waals surface area contributed by atoms with E-state index in [0.29, 0.717) is 22.9 Å². The summed E-state index contributed by atoms with van der Waals surface area (Å²) in [5.74, 6) is 0.400. The highest BCUT2D eigenvalue weighted by atomic mass is 32.2. The van der Waals surface area contributed by atoms with Crippen LogP contribution < -0.4 is 19.1 Å². The second-order valence-electron chi connectivity index (χ2n) is 6.10. The van der Waals surface area contributed by atoms with Gasteiger partial charge in [-0.15, -0.1) is 0 Å². The smallest absolute Gasteiger partial charge is 0.245 e. The molecule has 0 spiro atoms. The lowest BCUT2D eigenvalue weighted by molar-refractivity contribution is -0.114. The van der Waals surface area contributed by atoms with Crippen LogP contribution in [-0.4, -0.2) is 41.3 Å². The largest absolute Gasteiger partial charge is 0.493 e. The minimum Gasteiger partial charge on any atom is -0.493 e. The first kappa shape index (κ1) is 20.6. The second kappa shape index (κ2) is 8.30. The van der Waals surface area contributed by atoms with Gasteiger partial charge in [-0.3, -0.25) is 9.10 Å². The number of hydrogen-bond donors (Lipinski definition) is 1. The molecule has 7 nitrogen and oxygen atoms in total. The molecule has 0 aliphatic rings. The molecule has 0 saturated carbocycles. The molecular formula is C19H24N2O5S. The van der Waals surface area contributed by atoms with Gasteiger partial charge in [0.05, 0.1) is 26.2 Å². The van der Waals surface area contributed by atoms with Crippen molar-refractivity contribution in [2.24, 2.45) is 0 Å². The van der Waals surface area contributed by atoms with Crippen LogP contribution in [-0.2, 0) is 14.8 Å². The van der Waals surface area contributed by atoms with E-state index in [2.05, 4.69) is 5.32 Å². The van der Waals surface area contributed by atoms with Crippen molar-refractivity contribution in [3.05, 3.63) is 47.5 Å². The van der Waals surface area contributed by atoms with Gasteiger partial charge in [0.15, 0.2) is 11.5 Å². The highest BCUT2D eigenvalue weighted by Crippen LogP contribution is 2.32. The van der Waals surface area contributed by atoms with Gasteiger partial charge >= 0.3 is 0 Å². The fraction of sp³-hybridized carbons (Fsp3) is 0.316. The number of benzene rings is 2. The van der Waals surface area contributed by atoms with Crippen molar-refractivity contribution in [1.82, 2.24) is 0 Å². The standard InChI is InChI=1S/C19H24N2O5S/c1-13-7-6-8-16(14(13)2)20-19(22)12-21(27(5,23)24)15-9-10-17(25-3)18(11-15)26-4/h6-11H,12H2,1-5H3,(H,20,22). The van der Waals surface area contributed by atoms with E-state index in [1.54, 1.807) is 18.2 Å². The molecule has 146 valence electrons. The normalized spacial score (nSPS) is 11.0. The Morgan fingerprint density at radius 3 is 2.33 bits per heavy atom. The molecule has 0 saturated heterocycles. The van der Waals surface area contributed by atoms with Crippen molar-refractivity contribution < 1.29 is 22.7 Å². The van der Waals surface area contributed by atoms with Gasteiger partial charge in [-0.25, -0.2) is 8.42 Å². The summed E-state index contributed by atoms with van der Waals surface area (Å²) in [6.45, 7) is 3.48. The third-order valence-electron chi connectivity index (χ3n) is 4.22. The zero-order chi connectivity index (χ0) is 20.2. The summed E-state index contributed by atoms with van der Waals surface area (Å²) < 4.78 is 36.0. The van der Waals surface area contributed by atoms with E-state index in [1.807, 2.05) is 26.0 Å². The van der Waals surface area contributed by atoms with Crippen molar-refractivity contribution in [1.29, 1.82) is 0 Å². The Labute approximate surface area is 160 Å². The quantitative estimate of drug-likeness (QED) is 0.783. The average Bonchev–Trinajstić information content (AvgIpc) is 2.62. The van der Waals surface area contributed by atoms with Gasteiger partial charge < -0.3 is 14.8 Å². The fourth-order valence-electron chi connectivity index (χ4n) is 2.59. The maximum Gasteiger partial charge on any atom is 0.245 e. The number of nitrogens with one attached hydrogen (secondary N) is 1. The second-order valence-corrected chi connectivity index (χ2v) is 8.01. The van der Waals surface area contributed by atoms with Crippen LogP contribution in [0, 0.1) is 13.8 Å². The highest BCUT2D eigenvalue weighted by Gasteiger charge is 2.22. The van der Waals surface area contributed by atoms with E-state index in [9.17, 15) is 13.2 Å². The van der Waals surface area contributed by atoms with E-state index >= 15 is 0 Å². The summed E-state index contributed by atoms with van der Waals surface area (Å²) >= 11 is 0. The highest BCUT2D eigenvalue weighted by molar-refractivity contribution is 7.92. The van der Waals surface area contributed by atoms with Crippen LogP contribution in [0.5, 0.6) is 11.5 Å². The molecule has 2 aromatic carbocycles. The van der Waals surface area contributed by atoms with Gasteiger partial charge in [0.25, 0.3) is 0 Å². The number of rotatable bonds is 7. The van der Waals surface area contributed by atoms with E-state index in [1.165, 1.54) is 20.3 Å². The molecule has 0 unspecified atom stereocenters. The molecule has 2 rings (SSSR count). The van der Waals surface area contributed by atoms with Crippen LogP contribution in [0.1, 0.15) is 11.1 Å². The van der Waals surface area contributed by atoms with Crippen LogP contribution in [0.15, 0.2) is 36.4 Å². The molecule has 0 atom stereocenters. The number of anilines is 2. The minimum atomic E-state index is -3.69. The number of amides is 1. The fourth-order valence-corrected chi connectivity index (χ4v) is 3.44. The molecule has 0 fully saturated rings. The summed E-state index contributed by atoms with van der Waals surface area (Å²) in [6.07, 6.45) is 1.05. The number of ether oxygens (including phenoxy) is 2. The van der Waals surface area contributed by atoms with Gasteiger partial charge in [0.2, 0.25) is 15.9 Å². The molecule has 27 heavy (non-hydrogen) atoms. The molecule has 0 radical (unpaired) electrons. The van der Waals surface area contributed by atoms with Gasteiger partial charge in [0, 0.05) is 11.8 Å². The zero-order valence-corrected chi connectivity index (χ0v) is 16.9. The van der Waals surface area contributed by atoms with Crippen molar-refractivity contribution >= 4 is 27.3 Å². The lowest BCUT2D eigenvalue weighted by atomic mass is 10.1. The van der Waals surface area contributed by atoms with E-state index in [0.717, 1.165) is 21.7 Å². The molecule has 0 aromatic heterocycles. The number of nitrogens with zero attached hydrogens (tertiary/aromatic N) is 1. The van der Waals surface area contributed by atoms with Crippen LogP contribution in [0.3, 0.4) is 0 Å². The number of methoxy groups -OCH3 is 2. The first-order valence-corrected chi connectivity index (χ1v) is 10.1. The van der Waals surface area contributed by atoms with Crippen molar-refractivity contribution in [2.75, 3.05) is 36.6 Å². The Morgan fingerprint density at radius 2 is 1.74 bits per heavy atom. The van der Waals surface area contributed by atoms with E-state index in [4.69, 9.17) is 9.47 Å². The number of hydrogen-bond acceptors (Lipinski definition) is 5. The molecule has 0 bridgehead atoms. The topological polar surface area (TPSA) is 84.9 Å². The van der Waals surface area contributed by atoms with Gasteiger partial charge in [-0.2, -0.15) is 0 Å². The summed E-state index contributed by atoms with van der Waals surface area (Å²) in [7, 11) is -0.744. The molecule has 1 amide bonds. The number of carbonyl (C=O) groups is 1. The molecule has 0 aliphatic heterocycles. The third kappa shape index (κ3) is 4.91. The van der Waals surface area contributed by atoms with Crippen LogP contribution in [0.2, 0.25) is 0 Å². The number of sulfonamides is 1. The molecule has 0 heterocycles. The minimum absolute atomic E-state index is 0.311. The summed E-state index contributed by atoms with van der Waals surface area (Å²) in [5.41, 5.74) is 2.93. The van der Waals surface area contributed by atoms with E-state index in [-0.39, 0.29) is 6.54 Å². The van der Waals surface area contributed by atoms with E-state index < -0.39 is 15.9 Å². The Hall–Kier alpha value is -2.74. The lowest BCUT2D eigenvalue weighted by Gasteiger charge is -2.23. The summed E-state index contributed by atoms with van der Waals surface area (Å²) in [5, 5.41) is 2.77. The van der Waals surface area contributed by atoms with Crippen molar-refractivity contribution in [2.45, 2.75) is 13.8 Å². The molecule has 8 heteroatoms. The lowest BCUT2D eigenvalue weighted by Crippen LogP contribution is -2.37. The van der Waals surface area contributed by atoms with Gasteiger partial charge in [-0.1, -0.05) is 12.1 Å². The first-order chi connectivity index (χ1) is 12.7. The van der Waals surface area contributed by atoms with Crippen LogP contribution >= 0.6 is 0 Å². The van der Waals surface area contributed by atoms with Crippen LogP contribution in [0.25, 0.3) is 0 Å². The Morgan fingerprint density at radius 1 is 1.07 bits per heavy atom. The molecular weight excluding hydrogens is 368 g/mol. The predicted octanol–water partition coefficient (Wildman–Crippen LogP) is 2.73. The molecule has 2 aromatic rings. The van der Waals surface area contributed by atoms with Crippen molar-refractivity contribution in [3.8, 4) is 11.5 Å². The third-order valence-corrected chi connectivity index (χ3v) is 5.36. The maximum absolute atomic E-state index is 12.5. The Kier molecular flexibility index (Phi) is 6.32. The Balaban J connectivity index is 2.30. The number of carbonyl (C=O) groups excluding carboxylic acids is 1. The summed E-state index contributed by atoms with van der Waals surface area (Å²) in [6, 6.07) is 10.2. The van der Waals surface area contributed by atoms with Gasteiger partial charge in [-0.05, 0) is 43.2 Å². The molecule has 0 aliphatic carbocycles. The predicted molar refractivity (Wildman–Crippen MR) is 106 cm³/mol. The average molecular weight is 392 g/mol. The van der Waals surface area contributed by atoms with Crippen molar-refractivity contribution in [3.63, 3.8) is 0 Å². The SMILES string of the molecule is COc1ccc(N(CC(=O)Nc2cccc(C)c2C)S(C)(=O)=O)cc1OC. The maximum atomic E-state index is 12.5. The Bertz CT molecular complexity index is 941. The number of aryl methyl sites for hydroxylation is 1.